The van der Waals surface area contributed by atoms with E-state index >= 15 is 0 Å². The Kier molecular flexibility index (Phi) is 5.64. The van der Waals surface area contributed by atoms with Gasteiger partial charge in [0.2, 0.25) is 0 Å². The van der Waals surface area contributed by atoms with Crippen LogP contribution >= 0.6 is 0 Å². The van der Waals surface area contributed by atoms with Crippen LogP contribution in [0.4, 0.5) is 0 Å². The first kappa shape index (κ1) is 21.5. The predicted octanol–water partition coefficient (Wildman–Crippen LogP) is 6.43. The molecule has 0 aliphatic heterocycles. The molecule has 2 N–H and O–H groups in total. The number of H-pyrrole nitrogens is 2. The van der Waals surface area contributed by atoms with Crippen LogP contribution in [0.2, 0.25) is 0 Å². The van der Waals surface area contributed by atoms with Crippen LogP contribution in [0.25, 0.3) is 45.3 Å². The highest BCUT2D eigenvalue weighted by atomic mass is 16.5. The number of hydrogen-bond donors (Lipinski definition) is 2. The Morgan fingerprint density at radius 1 is 0.618 bits per heavy atom. The zero-order chi connectivity index (χ0) is 23.7. The minimum absolute atomic E-state index is 0.784. The van der Waals surface area contributed by atoms with Crippen molar-refractivity contribution in [3.05, 3.63) is 84.2 Å². The van der Waals surface area contributed by atoms with E-state index in [-0.39, 0.29) is 0 Å². The molecule has 6 heteroatoms. The van der Waals surface area contributed by atoms with Gasteiger partial charge in [0.25, 0.3) is 0 Å². The first-order chi connectivity index (χ1) is 16.6. The van der Waals surface area contributed by atoms with Crippen molar-refractivity contribution in [3.63, 3.8) is 0 Å². The smallest absolute Gasteiger partial charge is 0.138 e. The molecule has 0 atom stereocenters. The van der Waals surface area contributed by atoms with Gasteiger partial charge in [0.15, 0.2) is 0 Å². The van der Waals surface area contributed by atoms with E-state index in [1.807, 2.05) is 68.7 Å². The van der Waals surface area contributed by atoms with Crippen molar-refractivity contribution in [2.24, 2.45) is 0 Å². The highest BCUT2D eigenvalue weighted by Gasteiger charge is 2.14. The molecule has 0 radical (unpaired) electrons. The lowest BCUT2D eigenvalue weighted by molar-refractivity contribution is 0.416. The van der Waals surface area contributed by atoms with Gasteiger partial charge >= 0.3 is 0 Å². The second kappa shape index (κ2) is 8.90. The maximum atomic E-state index is 5.56. The van der Waals surface area contributed by atoms with E-state index in [2.05, 4.69) is 28.2 Å². The number of rotatable bonds is 6. The Morgan fingerprint density at radius 2 is 1.09 bits per heavy atom. The van der Waals surface area contributed by atoms with Crippen molar-refractivity contribution in [2.45, 2.75) is 13.8 Å². The van der Waals surface area contributed by atoms with Crippen molar-refractivity contribution < 1.29 is 9.47 Å². The SMILES string of the molecule is COc1cc(C)ccc1-c1c[nH]c(-c2cccc(-c3nc(-c4ccc(C)cc4OC)c[nH]3)c2)n1. The van der Waals surface area contributed by atoms with Crippen LogP contribution < -0.4 is 9.47 Å². The zero-order valence-corrected chi connectivity index (χ0v) is 19.6. The summed E-state index contributed by atoms with van der Waals surface area (Å²) >= 11 is 0. The maximum Gasteiger partial charge on any atom is 0.138 e. The lowest BCUT2D eigenvalue weighted by Crippen LogP contribution is -1.90. The molecule has 2 aromatic heterocycles. The van der Waals surface area contributed by atoms with Gasteiger partial charge in [0.05, 0.1) is 25.6 Å². The molecule has 170 valence electrons. The third-order valence-corrected chi connectivity index (χ3v) is 5.83. The lowest BCUT2D eigenvalue weighted by atomic mass is 10.1. The summed E-state index contributed by atoms with van der Waals surface area (Å²) in [5, 5.41) is 0. The van der Waals surface area contributed by atoms with E-state index in [0.29, 0.717) is 0 Å². The Bertz CT molecular complexity index is 1360. The molecule has 0 amide bonds. The minimum atomic E-state index is 0.784. The Hall–Kier alpha value is -4.32. The monoisotopic (exact) mass is 450 g/mol. The second-order valence-electron chi connectivity index (χ2n) is 8.26. The van der Waals surface area contributed by atoms with E-state index in [9.17, 15) is 0 Å². The Morgan fingerprint density at radius 3 is 1.53 bits per heavy atom. The van der Waals surface area contributed by atoms with Gasteiger partial charge in [-0.1, -0.05) is 30.3 Å². The van der Waals surface area contributed by atoms with Crippen LogP contribution in [-0.4, -0.2) is 34.2 Å². The molecule has 0 fully saturated rings. The summed E-state index contributed by atoms with van der Waals surface area (Å²) < 4.78 is 11.1. The standard InChI is InChI=1S/C28H26N4O2/c1-17-8-10-21(25(12-17)33-3)23-15-29-27(31-23)19-6-5-7-20(14-19)28-30-16-24(32-28)22-11-9-18(2)13-26(22)34-4/h5-16H,1-4H3,(H,29,31)(H,30,32). The molecule has 34 heavy (non-hydrogen) atoms. The van der Waals surface area contributed by atoms with Crippen molar-refractivity contribution in [1.82, 2.24) is 19.9 Å². The number of imidazole rings is 2. The fraction of sp³-hybridized carbons (Fsp3) is 0.143. The zero-order valence-electron chi connectivity index (χ0n) is 19.6. The number of ether oxygens (including phenoxy) is 2. The van der Waals surface area contributed by atoms with E-state index < -0.39 is 0 Å². The summed E-state index contributed by atoms with van der Waals surface area (Å²) in [7, 11) is 3.36. The molecule has 0 aliphatic rings. The summed E-state index contributed by atoms with van der Waals surface area (Å²) in [5.74, 6) is 3.18. The number of nitrogens with one attached hydrogen (secondary N) is 2. The van der Waals surface area contributed by atoms with Gasteiger partial charge < -0.3 is 19.4 Å². The molecule has 0 spiro atoms. The molecule has 0 bridgehead atoms. The van der Waals surface area contributed by atoms with E-state index in [1.54, 1.807) is 14.2 Å². The number of aryl methyl sites for hydroxylation is 2. The Labute approximate surface area is 198 Å². The fourth-order valence-corrected chi connectivity index (χ4v) is 4.05. The van der Waals surface area contributed by atoms with Crippen molar-refractivity contribution in [3.8, 4) is 56.8 Å². The molecule has 0 aliphatic carbocycles. The number of benzene rings is 3. The molecular formula is C28H26N4O2. The van der Waals surface area contributed by atoms with Gasteiger partial charge in [-0.3, -0.25) is 0 Å². The summed E-state index contributed by atoms with van der Waals surface area (Å²) in [6.07, 6.45) is 3.81. The van der Waals surface area contributed by atoms with Crippen LogP contribution in [0.5, 0.6) is 11.5 Å². The molecule has 2 heterocycles. The third-order valence-electron chi connectivity index (χ3n) is 5.83. The maximum absolute atomic E-state index is 5.56. The van der Waals surface area contributed by atoms with Crippen LogP contribution in [0, 0.1) is 13.8 Å². The van der Waals surface area contributed by atoms with Crippen molar-refractivity contribution >= 4 is 0 Å². The van der Waals surface area contributed by atoms with Crippen LogP contribution in [0.3, 0.4) is 0 Å². The summed E-state index contributed by atoms with van der Waals surface area (Å²) in [4.78, 5) is 16.3. The van der Waals surface area contributed by atoms with Crippen LogP contribution in [0.1, 0.15) is 11.1 Å². The molecule has 5 rings (SSSR count). The number of methoxy groups -OCH3 is 2. The van der Waals surface area contributed by atoms with Gasteiger partial charge in [-0.15, -0.1) is 0 Å². The van der Waals surface area contributed by atoms with E-state index in [0.717, 1.165) is 67.9 Å². The predicted molar refractivity (Wildman–Crippen MR) is 135 cm³/mol. The van der Waals surface area contributed by atoms with Gasteiger partial charge in [-0.2, -0.15) is 0 Å². The van der Waals surface area contributed by atoms with Gasteiger partial charge in [-0.05, 0) is 55.3 Å². The molecule has 0 unspecified atom stereocenters. The number of aromatic amines is 2. The van der Waals surface area contributed by atoms with Crippen molar-refractivity contribution in [1.29, 1.82) is 0 Å². The first-order valence-electron chi connectivity index (χ1n) is 11.1. The normalized spacial score (nSPS) is 10.9. The topological polar surface area (TPSA) is 75.8 Å². The molecule has 0 saturated carbocycles. The van der Waals surface area contributed by atoms with E-state index in [4.69, 9.17) is 19.4 Å². The number of nitrogens with zero attached hydrogens (tertiary/aromatic N) is 2. The van der Waals surface area contributed by atoms with Crippen molar-refractivity contribution in [2.75, 3.05) is 14.2 Å². The Balaban J connectivity index is 1.46. The minimum Gasteiger partial charge on any atom is -0.496 e. The molecule has 5 aromatic rings. The summed E-state index contributed by atoms with van der Waals surface area (Å²) in [6.45, 7) is 4.09. The largest absolute Gasteiger partial charge is 0.496 e. The fourth-order valence-electron chi connectivity index (χ4n) is 4.05. The van der Waals surface area contributed by atoms with Crippen LogP contribution in [-0.2, 0) is 0 Å². The molecule has 0 saturated heterocycles. The van der Waals surface area contributed by atoms with Gasteiger partial charge in [-0.25, -0.2) is 9.97 Å². The molecular weight excluding hydrogens is 424 g/mol. The first-order valence-corrected chi connectivity index (χ1v) is 11.1. The van der Waals surface area contributed by atoms with Gasteiger partial charge in [0, 0.05) is 34.6 Å². The molecule has 6 nitrogen and oxygen atoms in total. The third kappa shape index (κ3) is 4.06. The summed E-state index contributed by atoms with van der Waals surface area (Å²) in [5.41, 5.74) is 7.81. The number of hydrogen-bond acceptors (Lipinski definition) is 4. The lowest BCUT2D eigenvalue weighted by Gasteiger charge is -2.07. The average molecular weight is 451 g/mol. The highest BCUT2D eigenvalue weighted by molar-refractivity contribution is 5.74. The highest BCUT2D eigenvalue weighted by Crippen LogP contribution is 2.33. The summed E-state index contributed by atoms with van der Waals surface area (Å²) in [6, 6.07) is 20.4. The molecule has 3 aromatic carbocycles. The van der Waals surface area contributed by atoms with Crippen LogP contribution in [0.15, 0.2) is 73.1 Å². The van der Waals surface area contributed by atoms with Gasteiger partial charge in [0.1, 0.15) is 23.1 Å². The van der Waals surface area contributed by atoms with E-state index in [1.165, 1.54) is 0 Å². The number of aromatic nitrogens is 4. The average Bonchev–Trinajstić information content (AvgIpc) is 3.54. The quantitative estimate of drug-likeness (QED) is 0.312. The second-order valence-corrected chi connectivity index (χ2v) is 8.26.